The fourth-order valence-corrected chi connectivity index (χ4v) is 2.29. The molecule has 0 aliphatic carbocycles. The molecular formula is C15H26N2O2. The summed E-state index contributed by atoms with van der Waals surface area (Å²) in [4.78, 5) is 2.33. The van der Waals surface area contributed by atoms with Crippen LogP contribution in [-0.4, -0.2) is 49.9 Å². The van der Waals surface area contributed by atoms with Gasteiger partial charge in [-0.1, -0.05) is 25.1 Å². The van der Waals surface area contributed by atoms with E-state index >= 15 is 0 Å². The maximum absolute atomic E-state index is 9.31. The lowest BCUT2D eigenvalue weighted by molar-refractivity contribution is 0.159. The van der Waals surface area contributed by atoms with Crippen molar-refractivity contribution in [1.82, 2.24) is 10.2 Å². The zero-order valence-corrected chi connectivity index (χ0v) is 12.4. The zero-order chi connectivity index (χ0) is 14.3. The van der Waals surface area contributed by atoms with Crippen LogP contribution in [0.15, 0.2) is 24.3 Å². The van der Waals surface area contributed by atoms with Crippen molar-refractivity contribution >= 4 is 0 Å². The predicted molar refractivity (Wildman–Crippen MR) is 78.6 cm³/mol. The Morgan fingerprint density at radius 2 is 2.05 bits per heavy atom. The Morgan fingerprint density at radius 3 is 2.58 bits per heavy atom. The minimum absolute atomic E-state index is 0.0945. The van der Waals surface area contributed by atoms with E-state index in [2.05, 4.69) is 30.1 Å². The maximum Gasteiger partial charge on any atom is 0.123 e. The van der Waals surface area contributed by atoms with Gasteiger partial charge in [-0.3, -0.25) is 4.90 Å². The third-order valence-electron chi connectivity index (χ3n) is 3.63. The normalized spacial score (nSPS) is 14.4. The molecule has 4 heteroatoms. The molecular weight excluding hydrogens is 240 g/mol. The number of nitrogens with one attached hydrogen (secondary N) is 1. The number of para-hydroxylation sites is 1. The van der Waals surface area contributed by atoms with Gasteiger partial charge in [0.25, 0.3) is 0 Å². The number of likely N-dealkylation sites (N-methyl/N-ethyl adjacent to an activating group) is 2. The molecule has 0 fully saturated rings. The van der Waals surface area contributed by atoms with Crippen LogP contribution in [0, 0.1) is 0 Å². The van der Waals surface area contributed by atoms with E-state index in [-0.39, 0.29) is 18.7 Å². The number of aliphatic hydroxyl groups is 1. The molecule has 1 aromatic carbocycles. The Kier molecular flexibility index (Phi) is 6.84. The first kappa shape index (κ1) is 16.0. The van der Waals surface area contributed by atoms with Gasteiger partial charge < -0.3 is 15.2 Å². The summed E-state index contributed by atoms with van der Waals surface area (Å²) in [5, 5.41) is 12.4. The van der Waals surface area contributed by atoms with Crippen LogP contribution in [0.1, 0.15) is 25.5 Å². The molecule has 2 N–H and O–H groups in total. The van der Waals surface area contributed by atoms with Crippen LogP contribution in [0.5, 0.6) is 5.75 Å². The molecule has 19 heavy (non-hydrogen) atoms. The lowest BCUT2D eigenvalue weighted by Crippen LogP contribution is -2.42. The number of rotatable bonds is 8. The topological polar surface area (TPSA) is 44.7 Å². The van der Waals surface area contributed by atoms with Gasteiger partial charge in [-0.05, 0) is 26.6 Å². The summed E-state index contributed by atoms with van der Waals surface area (Å²) in [7, 11) is 3.58. The smallest absolute Gasteiger partial charge is 0.123 e. The van der Waals surface area contributed by atoms with Crippen molar-refractivity contribution in [2.75, 3.05) is 33.9 Å². The van der Waals surface area contributed by atoms with E-state index < -0.39 is 0 Å². The van der Waals surface area contributed by atoms with Crippen LogP contribution in [0.3, 0.4) is 0 Å². The molecule has 0 spiro atoms. The molecule has 0 amide bonds. The highest BCUT2D eigenvalue weighted by Crippen LogP contribution is 2.28. The Morgan fingerprint density at radius 1 is 1.37 bits per heavy atom. The molecule has 0 bridgehead atoms. The van der Waals surface area contributed by atoms with Crippen LogP contribution >= 0.6 is 0 Å². The van der Waals surface area contributed by atoms with Crippen molar-refractivity contribution in [2.24, 2.45) is 0 Å². The largest absolute Gasteiger partial charge is 0.496 e. The van der Waals surface area contributed by atoms with Gasteiger partial charge in [-0.25, -0.2) is 0 Å². The molecule has 1 aromatic rings. The molecule has 0 unspecified atom stereocenters. The quantitative estimate of drug-likeness (QED) is 0.751. The van der Waals surface area contributed by atoms with E-state index in [1.165, 1.54) is 5.56 Å². The molecule has 0 saturated heterocycles. The lowest BCUT2D eigenvalue weighted by Gasteiger charge is -2.31. The van der Waals surface area contributed by atoms with Gasteiger partial charge in [0.15, 0.2) is 0 Å². The molecule has 0 aliphatic heterocycles. The van der Waals surface area contributed by atoms with Gasteiger partial charge in [-0.2, -0.15) is 0 Å². The van der Waals surface area contributed by atoms with E-state index in [9.17, 15) is 5.11 Å². The molecule has 4 nitrogen and oxygen atoms in total. The zero-order valence-electron chi connectivity index (χ0n) is 12.4. The van der Waals surface area contributed by atoms with Crippen LogP contribution in [-0.2, 0) is 0 Å². The van der Waals surface area contributed by atoms with Crippen LogP contribution in [0.25, 0.3) is 0 Å². The fourth-order valence-electron chi connectivity index (χ4n) is 2.29. The summed E-state index contributed by atoms with van der Waals surface area (Å²) >= 11 is 0. The summed E-state index contributed by atoms with van der Waals surface area (Å²) in [5.41, 5.74) is 1.18. The van der Waals surface area contributed by atoms with Gasteiger partial charge in [-0.15, -0.1) is 0 Å². The van der Waals surface area contributed by atoms with Crippen LogP contribution in [0.2, 0.25) is 0 Å². The fraction of sp³-hybridized carbons (Fsp3) is 0.600. The molecule has 1 rings (SSSR count). The molecule has 0 aromatic heterocycles. The Balaban J connectivity index is 2.85. The first-order valence-corrected chi connectivity index (χ1v) is 6.82. The van der Waals surface area contributed by atoms with Crippen molar-refractivity contribution in [2.45, 2.75) is 25.9 Å². The highest BCUT2D eigenvalue weighted by molar-refractivity contribution is 5.35. The summed E-state index contributed by atoms with van der Waals surface area (Å²) in [5.74, 6) is 0.915. The van der Waals surface area contributed by atoms with E-state index in [1.807, 2.05) is 25.2 Å². The van der Waals surface area contributed by atoms with Gasteiger partial charge >= 0.3 is 0 Å². The number of hydrogen-bond acceptors (Lipinski definition) is 4. The SMILES string of the molecule is CCN(C[C@H](CO)NC)[C@@H](C)c1ccccc1OC. The molecule has 2 atom stereocenters. The summed E-state index contributed by atoms with van der Waals surface area (Å²) in [6, 6.07) is 8.45. The second-order valence-corrected chi connectivity index (χ2v) is 4.67. The van der Waals surface area contributed by atoms with Gasteiger partial charge in [0.2, 0.25) is 0 Å². The first-order valence-electron chi connectivity index (χ1n) is 6.82. The van der Waals surface area contributed by atoms with E-state index in [0.29, 0.717) is 0 Å². The average molecular weight is 266 g/mol. The minimum atomic E-state index is 0.0945. The average Bonchev–Trinajstić information content (AvgIpc) is 2.48. The molecule has 108 valence electrons. The third kappa shape index (κ3) is 4.20. The summed E-state index contributed by atoms with van der Waals surface area (Å²) in [6.45, 7) is 6.19. The van der Waals surface area contributed by atoms with Crippen molar-refractivity contribution in [3.63, 3.8) is 0 Å². The van der Waals surface area contributed by atoms with Gasteiger partial charge in [0.1, 0.15) is 5.75 Å². The number of methoxy groups -OCH3 is 1. The van der Waals surface area contributed by atoms with Crippen molar-refractivity contribution in [3.8, 4) is 5.75 Å². The van der Waals surface area contributed by atoms with Crippen LogP contribution < -0.4 is 10.1 Å². The Labute approximate surface area is 116 Å². The van der Waals surface area contributed by atoms with Crippen molar-refractivity contribution < 1.29 is 9.84 Å². The highest BCUT2D eigenvalue weighted by Gasteiger charge is 2.20. The number of nitrogens with zero attached hydrogens (tertiary/aromatic N) is 1. The maximum atomic E-state index is 9.31. The van der Waals surface area contributed by atoms with E-state index in [1.54, 1.807) is 7.11 Å². The molecule has 0 radical (unpaired) electrons. The summed E-state index contributed by atoms with van der Waals surface area (Å²) < 4.78 is 5.43. The highest BCUT2D eigenvalue weighted by atomic mass is 16.5. The second kappa shape index (κ2) is 8.15. The Bertz CT molecular complexity index is 367. The third-order valence-corrected chi connectivity index (χ3v) is 3.63. The van der Waals surface area contributed by atoms with Crippen molar-refractivity contribution in [3.05, 3.63) is 29.8 Å². The molecule has 0 heterocycles. The lowest BCUT2D eigenvalue weighted by atomic mass is 10.0. The van der Waals surface area contributed by atoms with Crippen molar-refractivity contribution in [1.29, 1.82) is 0 Å². The number of aliphatic hydroxyl groups excluding tert-OH is 1. The monoisotopic (exact) mass is 266 g/mol. The standard InChI is InChI=1S/C15H26N2O2/c1-5-17(10-13(11-18)16-3)12(2)14-8-6-7-9-15(14)19-4/h6-9,12-13,16,18H,5,10-11H2,1-4H3/t12-,13+/m0/s1. The first-order chi connectivity index (χ1) is 9.17. The number of benzene rings is 1. The van der Waals surface area contributed by atoms with Crippen LogP contribution in [0.4, 0.5) is 0 Å². The Hall–Kier alpha value is -1.10. The minimum Gasteiger partial charge on any atom is -0.496 e. The van der Waals surface area contributed by atoms with Gasteiger partial charge in [0.05, 0.1) is 13.7 Å². The molecule has 0 saturated carbocycles. The predicted octanol–water partition coefficient (Wildman–Crippen LogP) is 1.66. The van der Waals surface area contributed by atoms with E-state index in [4.69, 9.17) is 4.74 Å². The summed E-state index contributed by atoms with van der Waals surface area (Å²) in [6.07, 6.45) is 0. The second-order valence-electron chi connectivity index (χ2n) is 4.67. The number of ether oxygens (including phenoxy) is 1. The van der Waals surface area contributed by atoms with E-state index in [0.717, 1.165) is 18.8 Å². The number of hydrogen-bond donors (Lipinski definition) is 2. The molecule has 0 aliphatic rings. The van der Waals surface area contributed by atoms with Gasteiger partial charge in [0, 0.05) is 24.2 Å².